The average Bonchev–Trinajstić information content (AvgIpc) is 2.53. The first kappa shape index (κ1) is 11.1. The first-order chi connectivity index (χ1) is 9.92. The molecule has 0 amide bonds. The second kappa shape index (κ2) is 4.38. The number of rotatable bonds is 1. The molecular weight excluding hydrogens is 246 g/mol. The largest absolute Gasteiger partial charge is 0.256 e. The van der Waals surface area contributed by atoms with Gasteiger partial charge in [-0.25, -0.2) is 4.98 Å². The number of para-hydroxylation sites is 1. The molecule has 0 atom stereocenters. The van der Waals surface area contributed by atoms with Crippen LogP contribution in [0.25, 0.3) is 33.2 Å². The number of pyridine rings is 3. The molecule has 20 heavy (non-hydrogen) atoms. The van der Waals surface area contributed by atoms with Crippen molar-refractivity contribution >= 4 is 21.9 Å². The highest BCUT2D eigenvalue weighted by molar-refractivity contribution is 5.98. The molecule has 3 heterocycles. The van der Waals surface area contributed by atoms with Gasteiger partial charge in [0.15, 0.2) is 0 Å². The predicted octanol–water partition coefficient (Wildman–Crippen LogP) is 3.85. The van der Waals surface area contributed by atoms with E-state index in [4.69, 9.17) is 4.98 Å². The van der Waals surface area contributed by atoms with E-state index in [0.717, 1.165) is 33.2 Å². The van der Waals surface area contributed by atoms with Gasteiger partial charge in [-0.3, -0.25) is 9.97 Å². The Bertz CT molecular complexity index is 901. The Kier molecular flexibility index (Phi) is 2.42. The van der Waals surface area contributed by atoms with Crippen LogP contribution in [0.5, 0.6) is 0 Å². The van der Waals surface area contributed by atoms with Gasteiger partial charge in [0.1, 0.15) is 0 Å². The summed E-state index contributed by atoms with van der Waals surface area (Å²) in [4.78, 5) is 13.5. The zero-order valence-corrected chi connectivity index (χ0v) is 10.7. The van der Waals surface area contributed by atoms with E-state index >= 15 is 0 Å². The number of hydrogen-bond acceptors (Lipinski definition) is 3. The molecule has 0 saturated carbocycles. The van der Waals surface area contributed by atoms with E-state index in [1.165, 1.54) is 0 Å². The van der Waals surface area contributed by atoms with Crippen LogP contribution in [0.15, 0.2) is 67.0 Å². The number of nitrogens with zero attached hydrogens (tertiary/aromatic N) is 3. The zero-order valence-electron chi connectivity index (χ0n) is 10.7. The van der Waals surface area contributed by atoms with Crippen molar-refractivity contribution in [2.75, 3.05) is 0 Å². The number of aromatic nitrogens is 3. The van der Waals surface area contributed by atoms with Gasteiger partial charge >= 0.3 is 0 Å². The molecule has 0 aliphatic heterocycles. The molecule has 4 aromatic rings. The molecule has 0 spiro atoms. The number of hydrogen-bond donors (Lipinski definition) is 0. The topological polar surface area (TPSA) is 38.7 Å². The maximum atomic E-state index is 4.75. The normalized spacial score (nSPS) is 11.0. The third-order valence-electron chi connectivity index (χ3n) is 3.35. The maximum Gasteiger partial charge on any atom is 0.0894 e. The average molecular weight is 257 g/mol. The van der Waals surface area contributed by atoms with Gasteiger partial charge in [-0.1, -0.05) is 24.3 Å². The Morgan fingerprint density at radius 1 is 0.700 bits per heavy atom. The fourth-order valence-corrected chi connectivity index (χ4v) is 2.41. The van der Waals surface area contributed by atoms with Crippen LogP contribution in [-0.2, 0) is 0 Å². The maximum absolute atomic E-state index is 4.75. The van der Waals surface area contributed by atoms with Crippen LogP contribution in [0.3, 0.4) is 0 Å². The minimum atomic E-state index is 0.906. The highest BCUT2D eigenvalue weighted by atomic mass is 14.8. The van der Waals surface area contributed by atoms with Crippen LogP contribution in [-0.4, -0.2) is 15.0 Å². The third-order valence-corrected chi connectivity index (χ3v) is 3.35. The Hall–Kier alpha value is -2.81. The summed E-state index contributed by atoms with van der Waals surface area (Å²) in [7, 11) is 0. The van der Waals surface area contributed by atoms with Gasteiger partial charge in [-0.2, -0.15) is 0 Å². The van der Waals surface area contributed by atoms with Crippen LogP contribution in [0.4, 0.5) is 0 Å². The van der Waals surface area contributed by atoms with Crippen molar-refractivity contribution in [2.24, 2.45) is 0 Å². The van der Waals surface area contributed by atoms with Crippen molar-refractivity contribution in [1.29, 1.82) is 0 Å². The molecule has 0 aliphatic carbocycles. The van der Waals surface area contributed by atoms with E-state index in [9.17, 15) is 0 Å². The minimum absolute atomic E-state index is 0.906. The lowest BCUT2D eigenvalue weighted by Gasteiger charge is -2.06. The van der Waals surface area contributed by atoms with Crippen LogP contribution >= 0.6 is 0 Å². The molecule has 94 valence electrons. The van der Waals surface area contributed by atoms with Crippen molar-refractivity contribution in [3.05, 3.63) is 67.0 Å². The van der Waals surface area contributed by atoms with Gasteiger partial charge in [-0.05, 0) is 30.3 Å². The van der Waals surface area contributed by atoms with Crippen LogP contribution in [0.1, 0.15) is 0 Å². The van der Waals surface area contributed by atoms with E-state index in [2.05, 4.69) is 28.2 Å². The monoisotopic (exact) mass is 257 g/mol. The highest BCUT2D eigenvalue weighted by Gasteiger charge is 2.07. The molecule has 0 fully saturated rings. The summed E-state index contributed by atoms with van der Waals surface area (Å²) in [5.74, 6) is 0. The lowest BCUT2D eigenvalue weighted by Crippen LogP contribution is -1.89. The minimum Gasteiger partial charge on any atom is -0.256 e. The standard InChI is InChI=1S/C17H11N3/c1-2-9-18-14(7-1)13-6-3-5-12-11-16-15(20-17(12)13)8-4-10-19-16/h1-11H. The van der Waals surface area contributed by atoms with Crippen molar-refractivity contribution in [1.82, 2.24) is 15.0 Å². The second-order valence-electron chi connectivity index (χ2n) is 4.62. The summed E-state index contributed by atoms with van der Waals surface area (Å²) in [6.45, 7) is 0. The summed E-state index contributed by atoms with van der Waals surface area (Å²) in [5.41, 5.74) is 4.77. The lowest BCUT2D eigenvalue weighted by molar-refractivity contribution is 1.32. The Morgan fingerprint density at radius 3 is 2.55 bits per heavy atom. The molecule has 0 N–H and O–H groups in total. The smallest absolute Gasteiger partial charge is 0.0894 e. The molecule has 0 radical (unpaired) electrons. The second-order valence-corrected chi connectivity index (χ2v) is 4.62. The van der Waals surface area contributed by atoms with Gasteiger partial charge in [0.05, 0.1) is 22.2 Å². The van der Waals surface area contributed by atoms with Gasteiger partial charge in [-0.15, -0.1) is 0 Å². The first-order valence-corrected chi connectivity index (χ1v) is 6.48. The fourth-order valence-electron chi connectivity index (χ4n) is 2.41. The highest BCUT2D eigenvalue weighted by Crippen LogP contribution is 2.27. The third kappa shape index (κ3) is 1.72. The number of benzene rings is 1. The molecule has 0 aliphatic rings. The zero-order chi connectivity index (χ0) is 13.4. The van der Waals surface area contributed by atoms with Gasteiger partial charge in [0.25, 0.3) is 0 Å². The SMILES string of the molecule is c1ccc(-c2cccc3cc4ncccc4nc23)nc1. The van der Waals surface area contributed by atoms with E-state index in [-0.39, 0.29) is 0 Å². The van der Waals surface area contributed by atoms with E-state index in [0.29, 0.717) is 0 Å². The van der Waals surface area contributed by atoms with Crippen LogP contribution in [0.2, 0.25) is 0 Å². The summed E-state index contributed by atoms with van der Waals surface area (Å²) >= 11 is 0. The van der Waals surface area contributed by atoms with E-state index < -0.39 is 0 Å². The first-order valence-electron chi connectivity index (χ1n) is 6.48. The molecule has 3 heteroatoms. The van der Waals surface area contributed by atoms with Crippen LogP contribution < -0.4 is 0 Å². The fraction of sp³-hybridized carbons (Fsp3) is 0. The Balaban J connectivity index is 2.09. The molecular formula is C17H11N3. The van der Waals surface area contributed by atoms with Gasteiger partial charge in [0.2, 0.25) is 0 Å². The van der Waals surface area contributed by atoms with Gasteiger partial charge in [0, 0.05) is 23.3 Å². The molecule has 0 unspecified atom stereocenters. The van der Waals surface area contributed by atoms with Crippen LogP contribution in [0, 0.1) is 0 Å². The molecule has 3 nitrogen and oxygen atoms in total. The summed E-state index contributed by atoms with van der Waals surface area (Å²) in [5, 5.41) is 1.08. The summed E-state index contributed by atoms with van der Waals surface area (Å²) in [6.07, 6.45) is 3.59. The summed E-state index contributed by atoms with van der Waals surface area (Å²) < 4.78 is 0. The molecule has 4 rings (SSSR count). The van der Waals surface area contributed by atoms with Gasteiger partial charge < -0.3 is 0 Å². The quantitative estimate of drug-likeness (QED) is 0.486. The molecule has 0 bridgehead atoms. The van der Waals surface area contributed by atoms with E-state index in [1.807, 2.05) is 36.4 Å². The predicted molar refractivity (Wildman–Crippen MR) is 80.3 cm³/mol. The lowest BCUT2D eigenvalue weighted by atomic mass is 10.1. The summed E-state index contributed by atoms with van der Waals surface area (Å²) in [6, 6.07) is 18.0. The Labute approximate surface area is 116 Å². The van der Waals surface area contributed by atoms with Crippen molar-refractivity contribution in [3.8, 4) is 11.3 Å². The van der Waals surface area contributed by atoms with Crippen molar-refractivity contribution in [2.45, 2.75) is 0 Å². The van der Waals surface area contributed by atoms with Crippen molar-refractivity contribution in [3.63, 3.8) is 0 Å². The Morgan fingerprint density at radius 2 is 1.65 bits per heavy atom. The molecule has 3 aromatic heterocycles. The number of fused-ring (bicyclic) bond motifs is 2. The molecule has 0 saturated heterocycles. The molecule has 1 aromatic carbocycles. The van der Waals surface area contributed by atoms with Crippen molar-refractivity contribution < 1.29 is 0 Å². The van der Waals surface area contributed by atoms with E-state index in [1.54, 1.807) is 12.4 Å².